The van der Waals surface area contributed by atoms with Crippen molar-refractivity contribution in [3.8, 4) is 0 Å². The Morgan fingerprint density at radius 1 is 1.30 bits per heavy atom. The van der Waals surface area contributed by atoms with Crippen molar-refractivity contribution in [2.45, 2.75) is 58.7 Å². The summed E-state index contributed by atoms with van der Waals surface area (Å²) in [6, 6.07) is 0. The van der Waals surface area contributed by atoms with E-state index >= 15 is 0 Å². The number of carbonyl (C=O) groups excluding carboxylic acids is 4. The maximum Gasteiger partial charge on any atom is 0.324 e. The summed E-state index contributed by atoms with van der Waals surface area (Å²) in [5.41, 5.74) is -1.84. The van der Waals surface area contributed by atoms with Gasteiger partial charge >= 0.3 is 23.9 Å². The molecule has 1 saturated heterocycles. The zero-order valence-corrected chi connectivity index (χ0v) is 16.1. The molecule has 0 aromatic heterocycles. The van der Waals surface area contributed by atoms with Crippen molar-refractivity contribution in [1.82, 2.24) is 0 Å². The molecule has 1 aliphatic heterocycles. The summed E-state index contributed by atoms with van der Waals surface area (Å²) in [7, 11) is 1.25. The summed E-state index contributed by atoms with van der Waals surface area (Å²) in [5.74, 6) is -2.45. The van der Waals surface area contributed by atoms with Crippen molar-refractivity contribution >= 4 is 23.9 Å². The maximum atomic E-state index is 12.3. The van der Waals surface area contributed by atoms with Gasteiger partial charge in [-0.1, -0.05) is 6.92 Å². The monoisotopic (exact) mass is 382 g/mol. The third-order valence-electron chi connectivity index (χ3n) is 6.36. The molecule has 2 saturated carbocycles. The van der Waals surface area contributed by atoms with Gasteiger partial charge in [-0.3, -0.25) is 19.2 Å². The van der Waals surface area contributed by atoms with Crippen molar-refractivity contribution < 1.29 is 38.1 Å². The van der Waals surface area contributed by atoms with E-state index in [1.165, 1.54) is 7.11 Å². The molecule has 0 N–H and O–H groups in total. The van der Waals surface area contributed by atoms with E-state index in [4.69, 9.17) is 18.9 Å². The number of carbonyl (C=O) groups is 4. The van der Waals surface area contributed by atoms with Crippen LogP contribution < -0.4 is 0 Å². The summed E-state index contributed by atoms with van der Waals surface area (Å²) in [5, 5.41) is 0. The first-order chi connectivity index (χ1) is 12.7. The molecule has 0 aromatic carbocycles. The van der Waals surface area contributed by atoms with E-state index < -0.39 is 40.9 Å². The Balaban J connectivity index is 1.54. The summed E-state index contributed by atoms with van der Waals surface area (Å²) >= 11 is 0. The quantitative estimate of drug-likeness (QED) is 0.370. The molecule has 1 heterocycles. The second-order valence-corrected chi connectivity index (χ2v) is 8.22. The molecule has 27 heavy (non-hydrogen) atoms. The average Bonchev–Trinajstić information content (AvgIpc) is 3.23. The molecule has 8 nitrogen and oxygen atoms in total. The Hall–Kier alpha value is -2.12. The summed E-state index contributed by atoms with van der Waals surface area (Å²) in [6.07, 6.45) is 0.259. The van der Waals surface area contributed by atoms with Crippen LogP contribution >= 0.6 is 0 Å². The first-order valence-electron chi connectivity index (χ1n) is 9.33. The maximum absolute atomic E-state index is 12.3. The minimum absolute atomic E-state index is 0.0571. The highest BCUT2D eigenvalue weighted by molar-refractivity contribution is 6.03. The molecule has 3 fully saturated rings. The molecule has 8 heteroatoms. The van der Waals surface area contributed by atoms with Crippen LogP contribution in [0.5, 0.6) is 0 Å². The van der Waals surface area contributed by atoms with E-state index in [1.54, 1.807) is 13.8 Å². The topological polar surface area (TPSA) is 105 Å². The smallest absolute Gasteiger partial charge is 0.324 e. The molecule has 0 radical (unpaired) electrons. The van der Waals surface area contributed by atoms with Crippen molar-refractivity contribution in [3.05, 3.63) is 0 Å². The average molecular weight is 382 g/mol. The van der Waals surface area contributed by atoms with Gasteiger partial charge in [-0.25, -0.2) is 0 Å². The van der Waals surface area contributed by atoms with Crippen LogP contribution in [0.2, 0.25) is 0 Å². The van der Waals surface area contributed by atoms with Crippen LogP contribution in [-0.4, -0.2) is 49.8 Å². The van der Waals surface area contributed by atoms with E-state index in [-0.39, 0.29) is 37.3 Å². The standard InChI is InChI=1S/C19H26O8/c1-5-18(2,3)15(21)25-7-6-12(20)26-13-10-8-11-14(13)27-17(23)19(11,9-10)16(22)24-4/h10-11,13-14H,5-9H2,1-4H3. The van der Waals surface area contributed by atoms with Gasteiger partial charge in [-0.15, -0.1) is 0 Å². The number of hydrogen-bond acceptors (Lipinski definition) is 8. The molecule has 0 aromatic rings. The lowest BCUT2D eigenvalue weighted by atomic mass is 9.73. The Morgan fingerprint density at radius 2 is 2.00 bits per heavy atom. The van der Waals surface area contributed by atoms with Gasteiger partial charge in [0.25, 0.3) is 0 Å². The van der Waals surface area contributed by atoms with Crippen LogP contribution in [0, 0.1) is 22.7 Å². The zero-order chi connectivity index (χ0) is 20.0. The van der Waals surface area contributed by atoms with Crippen LogP contribution in [0.3, 0.4) is 0 Å². The lowest BCUT2D eigenvalue weighted by Gasteiger charge is -2.29. The Labute approximate surface area is 157 Å². The highest BCUT2D eigenvalue weighted by Gasteiger charge is 2.75. The van der Waals surface area contributed by atoms with Gasteiger partial charge in [0, 0.05) is 11.8 Å². The van der Waals surface area contributed by atoms with E-state index in [2.05, 4.69) is 0 Å². The normalized spacial score (nSPS) is 33.6. The second kappa shape index (κ2) is 6.80. The summed E-state index contributed by atoms with van der Waals surface area (Å²) in [6.45, 7) is 5.40. The van der Waals surface area contributed by atoms with Crippen LogP contribution in [0.25, 0.3) is 0 Å². The van der Waals surface area contributed by atoms with Gasteiger partial charge in [0.1, 0.15) is 18.8 Å². The highest BCUT2D eigenvalue weighted by Crippen LogP contribution is 2.62. The SMILES string of the molecule is CCC(C)(C)C(=O)OCCC(=O)OC1C2CC3C1OC(=O)C3(C(=O)OC)C2. The predicted molar refractivity (Wildman–Crippen MR) is 90.1 cm³/mol. The first kappa shape index (κ1) is 19.6. The highest BCUT2D eigenvalue weighted by atomic mass is 16.6. The lowest BCUT2D eigenvalue weighted by Crippen LogP contribution is -2.45. The second-order valence-electron chi connectivity index (χ2n) is 8.22. The third-order valence-corrected chi connectivity index (χ3v) is 6.36. The number of rotatable bonds is 7. The van der Waals surface area contributed by atoms with Crippen LogP contribution in [0.4, 0.5) is 0 Å². The van der Waals surface area contributed by atoms with Gasteiger partial charge in [0.15, 0.2) is 5.41 Å². The molecule has 2 bridgehead atoms. The van der Waals surface area contributed by atoms with E-state index in [9.17, 15) is 19.2 Å². The molecule has 5 unspecified atom stereocenters. The molecule has 5 atom stereocenters. The largest absolute Gasteiger partial charge is 0.468 e. The van der Waals surface area contributed by atoms with E-state index in [1.807, 2.05) is 6.92 Å². The van der Waals surface area contributed by atoms with Crippen LogP contribution in [-0.2, 0) is 38.1 Å². The van der Waals surface area contributed by atoms with Crippen LogP contribution in [0.15, 0.2) is 0 Å². The Bertz CT molecular complexity index is 669. The Kier molecular flexibility index (Phi) is 4.94. The van der Waals surface area contributed by atoms with Crippen molar-refractivity contribution in [1.29, 1.82) is 0 Å². The lowest BCUT2D eigenvalue weighted by molar-refractivity contribution is -0.165. The fraction of sp³-hybridized carbons (Fsp3) is 0.789. The number of esters is 4. The molecule has 0 amide bonds. The van der Waals surface area contributed by atoms with Crippen LogP contribution in [0.1, 0.15) is 46.5 Å². The minimum Gasteiger partial charge on any atom is -0.468 e. The van der Waals surface area contributed by atoms with Gasteiger partial charge < -0.3 is 18.9 Å². The van der Waals surface area contributed by atoms with Gasteiger partial charge in [0.2, 0.25) is 0 Å². The van der Waals surface area contributed by atoms with E-state index in [0.717, 1.165) is 0 Å². The first-order valence-corrected chi connectivity index (χ1v) is 9.33. The number of hydrogen-bond donors (Lipinski definition) is 0. The molecular formula is C19H26O8. The van der Waals surface area contributed by atoms with Gasteiger partial charge in [0.05, 0.1) is 18.9 Å². The molecule has 3 rings (SSSR count). The van der Waals surface area contributed by atoms with E-state index in [0.29, 0.717) is 12.8 Å². The Morgan fingerprint density at radius 3 is 2.63 bits per heavy atom. The summed E-state index contributed by atoms with van der Waals surface area (Å²) < 4.78 is 20.9. The zero-order valence-electron chi connectivity index (χ0n) is 16.1. The number of methoxy groups -OCH3 is 1. The molecule has 3 aliphatic rings. The summed E-state index contributed by atoms with van der Waals surface area (Å²) in [4.78, 5) is 48.5. The van der Waals surface area contributed by atoms with Gasteiger partial charge in [-0.2, -0.15) is 0 Å². The number of fused-ring (bicyclic) bond motifs is 1. The molecule has 150 valence electrons. The fourth-order valence-electron chi connectivity index (χ4n) is 4.39. The van der Waals surface area contributed by atoms with Gasteiger partial charge in [-0.05, 0) is 33.1 Å². The fourth-order valence-corrected chi connectivity index (χ4v) is 4.39. The van der Waals surface area contributed by atoms with Crippen molar-refractivity contribution in [3.63, 3.8) is 0 Å². The molecule has 2 aliphatic carbocycles. The predicted octanol–water partition coefficient (Wildman–Crippen LogP) is 1.39. The minimum atomic E-state index is -1.24. The number of ether oxygens (including phenoxy) is 4. The molecule has 0 spiro atoms. The third kappa shape index (κ3) is 2.99. The van der Waals surface area contributed by atoms with Crippen molar-refractivity contribution in [2.75, 3.05) is 13.7 Å². The van der Waals surface area contributed by atoms with Crippen molar-refractivity contribution in [2.24, 2.45) is 22.7 Å². The molecular weight excluding hydrogens is 356 g/mol.